The largest absolute Gasteiger partial charge is 0.359 e. The van der Waals surface area contributed by atoms with Gasteiger partial charge in [-0.3, -0.25) is 9.78 Å². The summed E-state index contributed by atoms with van der Waals surface area (Å²) in [4.78, 5) is 23.0. The molecule has 6 heteroatoms. The Hall–Kier alpha value is -2.94. The monoisotopic (exact) mass is 335 g/mol. The van der Waals surface area contributed by atoms with E-state index >= 15 is 0 Å². The fourth-order valence-corrected chi connectivity index (χ4v) is 2.71. The Balaban J connectivity index is 1.62. The lowest BCUT2D eigenvalue weighted by Gasteiger charge is -2.21. The number of nitriles is 1. The lowest BCUT2D eigenvalue weighted by atomic mass is 10.1. The molecule has 128 valence electrons. The van der Waals surface area contributed by atoms with Crippen molar-refractivity contribution in [1.82, 2.24) is 15.3 Å². The number of carbonyl (C=O) groups is 1. The number of anilines is 1. The minimum Gasteiger partial charge on any atom is -0.359 e. The fraction of sp³-hybridized carbons (Fsp3) is 0.368. The molecule has 1 aliphatic carbocycles. The molecule has 0 atom stereocenters. The predicted molar refractivity (Wildman–Crippen MR) is 94.6 cm³/mol. The van der Waals surface area contributed by atoms with Crippen molar-refractivity contribution in [2.45, 2.75) is 25.8 Å². The Morgan fingerprint density at radius 1 is 1.28 bits per heavy atom. The number of carbonyl (C=O) groups excluding carboxylic acids is 1. The number of nitrogens with zero attached hydrogens (tertiary/aromatic N) is 4. The van der Waals surface area contributed by atoms with Crippen LogP contribution in [0.3, 0.4) is 0 Å². The summed E-state index contributed by atoms with van der Waals surface area (Å²) in [7, 11) is 1.98. The number of hydrogen-bond acceptors (Lipinski definition) is 5. The molecule has 0 radical (unpaired) electrons. The molecule has 1 amide bonds. The lowest BCUT2D eigenvalue weighted by Crippen LogP contribution is -2.32. The molecule has 0 unspecified atom stereocenters. The van der Waals surface area contributed by atoms with E-state index in [0.717, 1.165) is 30.0 Å². The summed E-state index contributed by atoms with van der Waals surface area (Å²) in [5.74, 6) is 0.654. The van der Waals surface area contributed by atoms with Crippen LogP contribution in [0.15, 0.2) is 42.7 Å². The lowest BCUT2D eigenvalue weighted by molar-refractivity contribution is -0.124. The minimum atomic E-state index is -0.798. The summed E-state index contributed by atoms with van der Waals surface area (Å²) in [6, 6.07) is 11.8. The van der Waals surface area contributed by atoms with Crippen molar-refractivity contribution in [2.24, 2.45) is 5.41 Å². The van der Waals surface area contributed by atoms with Crippen LogP contribution in [0.2, 0.25) is 0 Å². The topological polar surface area (TPSA) is 81.9 Å². The number of pyridine rings is 2. The van der Waals surface area contributed by atoms with Crippen molar-refractivity contribution in [2.75, 3.05) is 18.5 Å². The molecular weight excluding hydrogens is 314 g/mol. The van der Waals surface area contributed by atoms with Gasteiger partial charge in [-0.05, 0) is 31.0 Å². The van der Waals surface area contributed by atoms with Crippen LogP contribution in [-0.4, -0.2) is 29.5 Å². The van der Waals surface area contributed by atoms with E-state index in [9.17, 15) is 4.79 Å². The van der Waals surface area contributed by atoms with Crippen LogP contribution >= 0.6 is 0 Å². The van der Waals surface area contributed by atoms with Crippen LogP contribution < -0.4 is 10.2 Å². The zero-order valence-electron chi connectivity index (χ0n) is 14.3. The summed E-state index contributed by atoms with van der Waals surface area (Å²) < 4.78 is 0. The Morgan fingerprint density at radius 3 is 2.76 bits per heavy atom. The molecule has 0 spiro atoms. The molecular formula is C19H21N5O. The average Bonchev–Trinajstić information content (AvgIpc) is 3.46. The Bertz CT molecular complexity index is 780. The van der Waals surface area contributed by atoms with E-state index in [0.29, 0.717) is 19.4 Å². The van der Waals surface area contributed by atoms with Gasteiger partial charge in [0.15, 0.2) is 0 Å². The third kappa shape index (κ3) is 3.94. The second kappa shape index (κ2) is 7.31. The number of hydrogen-bond donors (Lipinski definition) is 1. The molecule has 0 aliphatic heterocycles. The molecule has 0 saturated heterocycles. The molecule has 0 bridgehead atoms. The zero-order chi connectivity index (χ0) is 17.7. The van der Waals surface area contributed by atoms with E-state index in [1.54, 1.807) is 12.4 Å². The van der Waals surface area contributed by atoms with Crippen LogP contribution in [-0.2, 0) is 17.8 Å². The SMILES string of the molecule is CN(CCc1ccccn1)c1ncccc1CNC(=O)C1(C#N)CC1. The van der Waals surface area contributed by atoms with Gasteiger partial charge in [0.05, 0.1) is 6.07 Å². The molecule has 0 aromatic carbocycles. The first-order chi connectivity index (χ1) is 12.1. The highest BCUT2D eigenvalue weighted by Gasteiger charge is 2.50. The molecule has 1 fully saturated rings. The standard InChI is InChI=1S/C19H21N5O/c1-24(12-7-16-6-2-3-10-21-16)17-15(5-4-11-22-17)13-23-18(25)19(14-20)8-9-19/h2-6,10-11H,7-9,12-13H2,1H3,(H,23,25). The molecule has 2 aromatic heterocycles. The summed E-state index contributed by atoms with van der Waals surface area (Å²) >= 11 is 0. The maximum atomic E-state index is 12.1. The maximum Gasteiger partial charge on any atom is 0.240 e. The molecule has 1 aliphatic rings. The van der Waals surface area contributed by atoms with Crippen LogP contribution in [0.5, 0.6) is 0 Å². The van der Waals surface area contributed by atoms with Crippen molar-refractivity contribution in [3.8, 4) is 6.07 Å². The van der Waals surface area contributed by atoms with Crippen molar-refractivity contribution in [3.63, 3.8) is 0 Å². The van der Waals surface area contributed by atoms with Gasteiger partial charge in [0, 0.05) is 50.2 Å². The summed E-state index contributed by atoms with van der Waals surface area (Å²) in [5, 5.41) is 12.0. The summed E-state index contributed by atoms with van der Waals surface area (Å²) in [5.41, 5.74) is 1.17. The van der Waals surface area contributed by atoms with E-state index in [-0.39, 0.29) is 5.91 Å². The fourth-order valence-electron chi connectivity index (χ4n) is 2.71. The van der Waals surface area contributed by atoms with Gasteiger partial charge in [-0.25, -0.2) is 4.98 Å². The van der Waals surface area contributed by atoms with E-state index in [2.05, 4.69) is 26.3 Å². The highest BCUT2D eigenvalue weighted by Crippen LogP contribution is 2.45. The average molecular weight is 335 g/mol. The van der Waals surface area contributed by atoms with Gasteiger partial charge in [-0.1, -0.05) is 12.1 Å². The van der Waals surface area contributed by atoms with E-state index < -0.39 is 5.41 Å². The zero-order valence-corrected chi connectivity index (χ0v) is 14.3. The van der Waals surface area contributed by atoms with E-state index in [1.165, 1.54) is 0 Å². The van der Waals surface area contributed by atoms with Gasteiger partial charge in [-0.15, -0.1) is 0 Å². The third-order valence-electron chi connectivity index (χ3n) is 4.50. The molecule has 2 aromatic rings. The van der Waals surface area contributed by atoms with Gasteiger partial charge in [0.1, 0.15) is 11.2 Å². The Morgan fingerprint density at radius 2 is 2.08 bits per heavy atom. The second-order valence-corrected chi connectivity index (χ2v) is 6.36. The summed E-state index contributed by atoms with van der Waals surface area (Å²) in [6.07, 6.45) is 5.66. The van der Waals surface area contributed by atoms with E-state index in [4.69, 9.17) is 5.26 Å². The molecule has 2 heterocycles. The van der Waals surface area contributed by atoms with Gasteiger partial charge >= 0.3 is 0 Å². The smallest absolute Gasteiger partial charge is 0.240 e. The number of rotatable bonds is 7. The van der Waals surface area contributed by atoms with Gasteiger partial charge in [0.2, 0.25) is 5.91 Å². The highest BCUT2D eigenvalue weighted by molar-refractivity contribution is 5.88. The van der Waals surface area contributed by atoms with Crippen molar-refractivity contribution >= 4 is 11.7 Å². The van der Waals surface area contributed by atoms with Crippen LogP contribution in [0.1, 0.15) is 24.1 Å². The highest BCUT2D eigenvalue weighted by atomic mass is 16.2. The predicted octanol–water partition coefficient (Wildman–Crippen LogP) is 2.08. The Labute approximate surface area is 147 Å². The van der Waals surface area contributed by atoms with Crippen molar-refractivity contribution in [3.05, 3.63) is 54.0 Å². The number of aromatic nitrogens is 2. The van der Waals surface area contributed by atoms with Gasteiger partial charge in [-0.2, -0.15) is 5.26 Å². The van der Waals surface area contributed by atoms with Crippen LogP contribution in [0.4, 0.5) is 5.82 Å². The van der Waals surface area contributed by atoms with E-state index in [1.807, 2.05) is 37.4 Å². The molecule has 6 nitrogen and oxygen atoms in total. The molecule has 1 N–H and O–H groups in total. The Kier molecular flexibility index (Phi) is 4.94. The second-order valence-electron chi connectivity index (χ2n) is 6.36. The first kappa shape index (κ1) is 16.9. The maximum absolute atomic E-state index is 12.1. The third-order valence-corrected chi connectivity index (χ3v) is 4.50. The van der Waals surface area contributed by atoms with Gasteiger partial charge < -0.3 is 10.2 Å². The first-order valence-electron chi connectivity index (χ1n) is 8.39. The molecule has 1 saturated carbocycles. The van der Waals surface area contributed by atoms with Crippen molar-refractivity contribution < 1.29 is 4.79 Å². The number of nitrogens with one attached hydrogen (secondary N) is 1. The number of amides is 1. The molecule has 25 heavy (non-hydrogen) atoms. The minimum absolute atomic E-state index is 0.180. The summed E-state index contributed by atoms with van der Waals surface area (Å²) in [6.45, 7) is 1.15. The number of likely N-dealkylation sites (N-methyl/N-ethyl adjacent to an activating group) is 1. The van der Waals surface area contributed by atoms with Crippen LogP contribution in [0.25, 0.3) is 0 Å². The quantitative estimate of drug-likeness (QED) is 0.838. The van der Waals surface area contributed by atoms with Crippen LogP contribution in [0, 0.1) is 16.7 Å². The molecule has 3 rings (SSSR count). The van der Waals surface area contributed by atoms with Gasteiger partial charge in [0.25, 0.3) is 0 Å². The normalized spacial score (nSPS) is 14.4. The van der Waals surface area contributed by atoms with Crippen molar-refractivity contribution in [1.29, 1.82) is 5.26 Å². The first-order valence-corrected chi connectivity index (χ1v) is 8.39.